The number of carbonyl (C=O) groups excluding carboxylic acids is 1. The Morgan fingerprint density at radius 2 is 1.78 bits per heavy atom. The monoisotopic (exact) mass is 324 g/mol. The van der Waals surface area contributed by atoms with Crippen LogP contribution in [-0.2, 0) is 12.8 Å². The molecule has 0 atom stereocenters. The number of hydrogen-bond acceptors (Lipinski definition) is 3. The predicted octanol–water partition coefficient (Wildman–Crippen LogP) is 4.20. The Kier molecular flexibility index (Phi) is 3.45. The van der Waals surface area contributed by atoms with E-state index in [1.807, 2.05) is 19.9 Å². The molecule has 0 saturated carbocycles. The molecule has 118 valence electrons. The highest BCUT2D eigenvalue weighted by Crippen LogP contribution is 2.42. The number of hydrogen-bond donors (Lipinski definition) is 1. The van der Waals surface area contributed by atoms with E-state index in [0.717, 1.165) is 41.1 Å². The van der Waals surface area contributed by atoms with Gasteiger partial charge in [0.25, 0.3) is 5.91 Å². The Balaban J connectivity index is 1.97. The average molecular weight is 324 g/mol. The van der Waals surface area contributed by atoms with Crippen molar-refractivity contribution in [3.05, 3.63) is 47.0 Å². The van der Waals surface area contributed by atoms with E-state index < -0.39 is 0 Å². The molecule has 1 aromatic carbocycles. The molecule has 0 saturated heterocycles. The van der Waals surface area contributed by atoms with Gasteiger partial charge in [-0.1, -0.05) is 42.1 Å². The van der Waals surface area contributed by atoms with E-state index in [9.17, 15) is 4.79 Å². The Hall–Kier alpha value is -1.81. The first-order chi connectivity index (χ1) is 11.1. The fourth-order valence-corrected chi connectivity index (χ4v) is 4.62. The maximum atomic E-state index is 12.7. The Morgan fingerprint density at radius 3 is 2.52 bits per heavy atom. The fraction of sp³-hybridized carbons (Fsp3) is 0.368. The Morgan fingerprint density at radius 1 is 1.09 bits per heavy atom. The van der Waals surface area contributed by atoms with Crippen molar-refractivity contribution in [2.45, 2.75) is 49.4 Å². The maximum absolute atomic E-state index is 12.7. The summed E-state index contributed by atoms with van der Waals surface area (Å²) in [5.74, 6) is 0.0361. The summed E-state index contributed by atoms with van der Waals surface area (Å²) >= 11 is 1.66. The van der Waals surface area contributed by atoms with Gasteiger partial charge in [-0.25, -0.2) is 4.98 Å². The smallest absolute Gasteiger partial charge is 0.255 e. The van der Waals surface area contributed by atoms with Gasteiger partial charge in [-0.05, 0) is 50.7 Å². The third-order valence-electron chi connectivity index (χ3n) is 4.52. The van der Waals surface area contributed by atoms with E-state index in [4.69, 9.17) is 4.98 Å². The van der Waals surface area contributed by atoms with Crippen molar-refractivity contribution < 1.29 is 4.79 Å². The van der Waals surface area contributed by atoms with Crippen molar-refractivity contribution in [1.29, 1.82) is 0 Å². The van der Waals surface area contributed by atoms with Gasteiger partial charge in [0.1, 0.15) is 5.03 Å². The molecular weight excluding hydrogens is 304 g/mol. The molecule has 4 heteroatoms. The van der Waals surface area contributed by atoms with E-state index in [-0.39, 0.29) is 10.8 Å². The van der Waals surface area contributed by atoms with Crippen LogP contribution in [-0.4, -0.2) is 15.8 Å². The summed E-state index contributed by atoms with van der Waals surface area (Å²) in [6.45, 7) is 4.06. The standard InChI is InChI=1S/C19H20N2OS/c1-19(2)21-17(22)15-13-10-6-7-11-14(13)16(20-18(15)23-19)12-8-4-3-5-9-12/h3-5,8-9H,6-7,10-11H2,1-2H3,(H,21,22). The summed E-state index contributed by atoms with van der Waals surface area (Å²) in [7, 11) is 0. The van der Waals surface area contributed by atoms with Gasteiger partial charge >= 0.3 is 0 Å². The van der Waals surface area contributed by atoms with Crippen molar-refractivity contribution in [3.63, 3.8) is 0 Å². The van der Waals surface area contributed by atoms with Crippen molar-refractivity contribution in [3.8, 4) is 11.3 Å². The van der Waals surface area contributed by atoms with Crippen molar-refractivity contribution in [2.24, 2.45) is 0 Å². The first-order valence-electron chi connectivity index (χ1n) is 8.18. The van der Waals surface area contributed by atoms with Crippen LogP contribution in [0.1, 0.15) is 48.2 Å². The summed E-state index contributed by atoms with van der Waals surface area (Å²) in [6.07, 6.45) is 4.32. The molecule has 3 nitrogen and oxygen atoms in total. The number of rotatable bonds is 1. The highest BCUT2D eigenvalue weighted by atomic mass is 32.2. The second-order valence-electron chi connectivity index (χ2n) is 6.74. The van der Waals surface area contributed by atoms with Crippen molar-refractivity contribution >= 4 is 17.7 Å². The molecule has 1 aliphatic carbocycles. The summed E-state index contributed by atoms with van der Waals surface area (Å²) in [6, 6.07) is 10.4. The number of thioether (sulfide) groups is 1. The number of nitrogens with one attached hydrogen (secondary N) is 1. The van der Waals surface area contributed by atoms with E-state index >= 15 is 0 Å². The van der Waals surface area contributed by atoms with Gasteiger partial charge in [0.2, 0.25) is 0 Å². The minimum absolute atomic E-state index is 0.0361. The van der Waals surface area contributed by atoms with Crippen LogP contribution in [0.4, 0.5) is 0 Å². The molecular formula is C19H20N2OS. The van der Waals surface area contributed by atoms with Crippen molar-refractivity contribution in [1.82, 2.24) is 10.3 Å². The highest BCUT2D eigenvalue weighted by molar-refractivity contribution is 8.00. The van der Waals surface area contributed by atoms with Gasteiger partial charge in [0.15, 0.2) is 0 Å². The highest BCUT2D eigenvalue weighted by Gasteiger charge is 2.36. The van der Waals surface area contributed by atoms with Gasteiger partial charge in [-0.15, -0.1) is 0 Å². The minimum Gasteiger partial charge on any atom is -0.338 e. The van der Waals surface area contributed by atoms with Gasteiger partial charge in [0, 0.05) is 5.56 Å². The number of fused-ring (bicyclic) bond motifs is 3. The van der Waals surface area contributed by atoms with Gasteiger partial charge in [0.05, 0.1) is 16.1 Å². The molecule has 1 amide bonds. The van der Waals surface area contributed by atoms with Gasteiger partial charge in [-0.2, -0.15) is 0 Å². The van der Waals surface area contributed by atoms with Crippen LogP contribution in [0.15, 0.2) is 35.4 Å². The third kappa shape index (κ3) is 2.55. The minimum atomic E-state index is -0.312. The number of carbonyl (C=O) groups is 1. The molecule has 2 aliphatic rings. The van der Waals surface area contributed by atoms with E-state index in [2.05, 4.69) is 29.6 Å². The van der Waals surface area contributed by atoms with E-state index in [1.165, 1.54) is 17.5 Å². The zero-order valence-electron chi connectivity index (χ0n) is 13.5. The molecule has 1 N–H and O–H groups in total. The molecule has 1 aromatic heterocycles. The average Bonchev–Trinajstić information content (AvgIpc) is 2.53. The van der Waals surface area contributed by atoms with Crippen LogP contribution in [0.2, 0.25) is 0 Å². The number of pyridine rings is 1. The van der Waals surface area contributed by atoms with E-state index in [0.29, 0.717) is 0 Å². The maximum Gasteiger partial charge on any atom is 0.255 e. The number of nitrogens with zero attached hydrogens (tertiary/aromatic N) is 1. The number of amides is 1. The number of benzene rings is 1. The lowest BCUT2D eigenvalue weighted by molar-refractivity contribution is 0.0927. The largest absolute Gasteiger partial charge is 0.338 e. The molecule has 0 fully saturated rings. The molecule has 2 aromatic rings. The first-order valence-corrected chi connectivity index (χ1v) is 8.99. The second kappa shape index (κ2) is 5.38. The lowest BCUT2D eigenvalue weighted by Gasteiger charge is -2.34. The summed E-state index contributed by atoms with van der Waals surface area (Å²) in [4.78, 5) is 17.3. The summed E-state index contributed by atoms with van der Waals surface area (Å²) in [5, 5.41) is 3.99. The van der Waals surface area contributed by atoms with Crippen molar-refractivity contribution in [2.75, 3.05) is 0 Å². The predicted molar refractivity (Wildman–Crippen MR) is 93.7 cm³/mol. The zero-order chi connectivity index (χ0) is 16.0. The quantitative estimate of drug-likeness (QED) is 0.855. The zero-order valence-corrected chi connectivity index (χ0v) is 14.3. The molecule has 23 heavy (non-hydrogen) atoms. The Labute approximate surface area is 140 Å². The number of aromatic nitrogens is 1. The van der Waals surface area contributed by atoms with Gasteiger partial charge < -0.3 is 5.32 Å². The first kappa shape index (κ1) is 14.8. The summed E-state index contributed by atoms with van der Waals surface area (Å²) in [5.41, 5.74) is 5.54. The lowest BCUT2D eigenvalue weighted by Crippen LogP contribution is -2.45. The SMILES string of the molecule is CC1(C)NC(=O)c2c(nc(-c3ccccc3)c3c2CCCC3)S1. The molecule has 0 spiro atoms. The van der Waals surface area contributed by atoms with Crippen LogP contribution < -0.4 is 5.32 Å². The topological polar surface area (TPSA) is 42.0 Å². The normalized spacial score (nSPS) is 18.8. The molecule has 2 heterocycles. The molecule has 0 radical (unpaired) electrons. The molecule has 4 rings (SSSR count). The fourth-order valence-electron chi connectivity index (χ4n) is 3.54. The molecule has 1 aliphatic heterocycles. The van der Waals surface area contributed by atoms with Crippen LogP contribution in [0.25, 0.3) is 11.3 Å². The van der Waals surface area contributed by atoms with Crippen LogP contribution in [0, 0.1) is 0 Å². The molecule has 0 bridgehead atoms. The second-order valence-corrected chi connectivity index (χ2v) is 8.35. The van der Waals surface area contributed by atoms with Crippen LogP contribution in [0.3, 0.4) is 0 Å². The third-order valence-corrected chi connectivity index (χ3v) is 5.62. The van der Waals surface area contributed by atoms with Crippen LogP contribution in [0.5, 0.6) is 0 Å². The van der Waals surface area contributed by atoms with Gasteiger partial charge in [-0.3, -0.25) is 4.79 Å². The van der Waals surface area contributed by atoms with E-state index in [1.54, 1.807) is 11.8 Å². The Bertz CT molecular complexity index is 784. The molecule has 0 unspecified atom stereocenters. The van der Waals surface area contributed by atoms with Crippen LogP contribution >= 0.6 is 11.8 Å². The summed E-state index contributed by atoms with van der Waals surface area (Å²) < 4.78 is 0. The lowest BCUT2D eigenvalue weighted by atomic mass is 9.86.